The number of alkyl halides is 3. The van der Waals surface area contributed by atoms with E-state index in [9.17, 15) is 13.2 Å². The molecule has 1 aromatic carbocycles. The molecule has 5 heteroatoms. The van der Waals surface area contributed by atoms with Gasteiger partial charge in [-0.2, -0.15) is 13.2 Å². The summed E-state index contributed by atoms with van der Waals surface area (Å²) in [5.74, 6) is 0. The molecule has 16 heavy (non-hydrogen) atoms. The molecular weight excluding hydrogens is 235 g/mol. The van der Waals surface area contributed by atoms with E-state index >= 15 is 0 Å². The first-order valence-corrected chi connectivity index (χ1v) is 5.41. The van der Waals surface area contributed by atoms with Crippen molar-refractivity contribution in [3.05, 3.63) is 47.3 Å². The van der Waals surface area contributed by atoms with E-state index in [-0.39, 0.29) is 0 Å². The summed E-state index contributed by atoms with van der Waals surface area (Å²) in [6, 6.07) is 8.79. The number of hydrogen-bond donors (Lipinski definition) is 1. The van der Waals surface area contributed by atoms with E-state index in [0.717, 1.165) is 17.1 Å². The van der Waals surface area contributed by atoms with Crippen LogP contribution >= 0.6 is 11.3 Å². The summed E-state index contributed by atoms with van der Waals surface area (Å²) >= 11 is 1.44. The lowest BCUT2D eigenvalue weighted by Gasteiger charge is -2.09. The Labute approximate surface area is 94.5 Å². The van der Waals surface area contributed by atoms with Crippen molar-refractivity contribution in [1.29, 1.82) is 0 Å². The Bertz CT molecular complexity index is 462. The first kappa shape index (κ1) is 11.0. The molecule has 0 spiro atoms. The summed E-state index contributed by atoms with van der Waals surface area (Å²) in [5.41, 5.74) is -0.202. The minimum absolute atomic E-state index is 0.442. The van der Waals surface area contributed by atoms with Gasteiger partial charge in [0.1, 0.15) is 0 Å². The van der Waals surface area contributed by atoms with E-state index in [1.54, 1.807) is 6.07 Å². The predicted molar refractivity (Wildman–Crippen MR) is 59.0 cm³/mol. The zero-order valence-corrected chi connectivity index (χ0v) is 8.90. The smallest absolute Gasteiger partial charge is 0.347 e. The Morgan fingerprint density at radius 3 is 2.50 bits per heavy atom. The lowest BCUT2D eigenvalue weighted by Crippen LogP contribution is -2.04. The Morgan fingerprint density at radius 1 is 1.06 bits per heavy atom. The van der Waals surface area contributed by atoms with Gasteiger partial charge in [-0.3, -0.25) is 0 Å². The van der Waals surface area contributed by atoms with Crippen molar-refractivity contribution in [2.24, 2.45) is 0 Å². The van der Waals surface area contributed by atoms with Gasteiger partial charge < -0.3 is 5.32 Å². The van der Waals surface area contributed by atoms with Gasteiger partial charge in [0.25, 0.3) is 0 Å². The van der Waals surface area contributed by atoms with Crippen molar-refractivity contribution < 1.29 is 13.2 Å². The molecule has 1 N–H and O–H groups in total. The molecule has 1 aromatic heterocycles. The van der Waals surface area contributed by atoms with Crippen molar-refractivity contribution in [2.45, 2.75) is 6.18 Å². The van der Waals surface area contributed by atoms with Crippen molar-refractivity contribution in [1.82, 2.24) is 0 Å². The minimum Gasteiger partial charge on any atom is -0.347 e. The zero-order chi connectivity index (χ0) is 11.6. The van der Waals surface area contributed by atoms with E-state index in [2.05, 4.69) is 5.32 Å². The maximum Gasteiger partial charge on any atom is 0.416 e. The Morgan fingerprint density at radius 2 is 1.88 bits per heavy atom. The van der Waals surface area contributed by atoms with Crippen LogP contribution in [0.4, 0.5) is 23.9 Å². The van der Waals surface area contributed by atoms with Gasteiger partial charge in [-0.1, -0.05) is 6.07 Å². The monoisotopic (exact) mass is 243 g/mol. The predicted octanol–water partition coefficient (Wildman–Crippen LogP) is 4.51. The highest BCUT2D eigenvalue weighted by Gasteiger charge is 2.30. The van der Waals surface area contributed by atoms with Gasteiger partial charge in [-0.15, -0.1) is 11.3 Å². The van der Waals surface area contributed by atoms with Crippen LogP contribution in [0.5, 0.6) is 0 Å². The maximum absolute atomic E-state index is 12.4. The Hall–Kier alpha value is -1.49. The maximum atomic E-state index is 12.4. The van der Waals surface area contributed by atoms with E-state index in [0.29, 0.717) is 5.69 Å². The second kappa shape index (κ2) is 4.17. The standard InChI is InChI=1S/C11H8F3NS/c12-11(13,14)8-3-1-4-9(7-8)15-10-5-2-6-16-10/h1-7,15H. The van der Waals surface area contributed by atoms with Crippen molar-refractivity contribution in [3.63, 3.8) is 0 Å². The number of nitrogens with one attached hydrogen (secondary N) is 1. The molecule has 0 saturated heterocycles. The summed E-state index contributed by atoms with van der Waals surface area (Å²) in [5, 5.41) is 5.59. The average molecular weight is 243 g/mol. The van der Waals surface area contributed by atoms with Gasteiger partial charge >= 0.3 is 6.18 Å². The molecule has 1 heterocycles. The second-order valence-corrected chi connectivity index (χ2v) is 4.13. The van der Waals surface area contributed by atoms with Crippen LogP contribution in [0.15, 0.2) is 41.8 Å². The molecule has 0 aliphatic rings. The van der Waals surface area contributed by atoms with Crippen LogP contribution in [0, 0.1) is 0 Å². The summed E-state index contributed by atoms with van der Waals surface area (Å²) in [6.07, 6.45) is -4.30. The topological polar surface area (TPSA) is 12.0 Å². The normalized spacial score (nSPS) is 11.4. The van der Waals surface area contributed by atoms with Crippen LogP contribution in [-0.4, -0.2) is 0 Å². The summed E-state index contributed by atoms with van der Waals surface area (Å²) < 4.78 is 37.3. The largest absolute Gasteiger partial charge is 0.416 e. The van der Waals surface area contributed by atoms with Crippen LogP contribution in [-0.2, 0) is 6.18 Å². The Balaban J connectivity index is 2.23. The molecule has 0 bridgehead atoms. The summed E-state index contributed by atoms with van der Waals surface area (Å²) in [6.45, 7) is 0. The molecule has 84 valence electrons. The van der Waals surface area contributed by atoms with Crippen LogP contribution < -0.4 is 5.32 Å². The van der Waals surface area contributed by atoms with E-state index < -0.39 is 11.7 Å². The fraction of sp³-hybridized carbons (Fsp3) is 0.0909. The highest BCUT2D eigenvalue weighted by molar-refractivity contribution is 7.14. The van der Waals surface area contributed by atoms with Gasteiger partial charge in [0.05, 0.1) is 10.6 Å². The SMILES string of the molecule is FC(F)(F)c1cccc(Nc2cccs2)c1. The van der Waals surface area contributed by atoms with E-state index in [1.165, 1.54) is 17.4 Å². The van der Waals surface area contributed by atoms with Crippen LogP contribution in [0.1, 0.15) is 5.56 Å². The molecule has 0 aliphatic heterocycles. The highest BCUT2D eigenvalue weighted by Crippen LogP contribution is 2.31. The van der Waals surface area contributed by atoms with E-state index in [4.69, 9.17) is 0 Å². The lowest BCUT2D eigenvalue weighted by molar-refractivity contribution is -0.137. The number of hydrogen-bond acceptors (Lipinski definition) is 2. The van der Waals surface area contributed by atoms with Gasteiger partial charge in [0.15, 0.2) is 0 Å². The molecule has 0 fully saturated rings. The molecule has 0 radical (unpaired) electrons. The lowest BCUT2D eigenvalue weighted by atomic mass is 10.2. The van der Waals surface area contributed by atoms with Gasteiger partial charge in [0, 0.05) is 5.69 Å². The number of thiophene rings is 1. The molecule has 0 unspecified atom stereocenters. The molecule has 0 atom stereocenters. The quantitative estimate of drug-likeness (QED) is 0.818. The third kappa shape index (κ3) is 2.55. The highest BCUT2D eigenvalue weighted by atomic mass is 32.1. The van der Waals surface area contributed by atoms with Crippen molar-refractivity contribution >= 4 is 22.0 Å². The molecule has 2 aromatic rings. The number of benzene rings is 1. The first-order chi connectivity index (χ1) is 7.55. The Kier molecular flexibility index (Phi) is 2.87. The molecule has 0 aliphatic carbocycles. The number of rotatable bonds is 2. The zero-order valence-electron chi connectivity index (χ0n) is 8.08. The molecule has 0 amide bonds. The second-order valence-electron chi connectivity index (χ2n) is 3.18. The van der Waals surface area contributed by atoms with Crippen LogP contribution in [0.25, 0.3) is 0 Å². The fourth-order valence-electron chi connectivity index (χ4n) is 1.27. The molecule has 2 rings (SSSR count). The average Bonchev–Trinajstić information content (AvgIpc) is 2.70. The van der Waals surface area contributed by atoms with Crippen LogP contribution in [0.2, 0.25) is 0 Å². The van der Waals surface area contributed by atoms with Crippen molar-refractivity contribution in [3.8, 4) is 0 Å². The van der Waals surface area contributed by atoms with E-state index in [1.807, 2.05) is 17.5 Å². The van der Waals surface area contributed by atoms with Gasteiger partial charge in [-0.25, -0.2) is 0 Å². The third-order valence-corrected chi connectivity index (χ3v) is 2.76. The third-order valence-electron chi connectivity index (χ3n) is 1.98. The van der Waals surface area contributed by atoms with Gasteiger partial charge in [-0.05, 0) is 35.7 Å². The van der Waals surface area contributed by atoms with Crippen molar-refractivity contribution in [2.75, 3.05) is 5.32 Å². The van der Waals surface area contributed by atoms with Crippen LogP contribution in [0.3, 0.4) is 0 Å². The molecule has 0 saturated carbocycles. The minimum atomic E-state index is -4.30. The molecular formula is C11H8F3NS. The summed E-state index contributed by atoms with van der Waals surface area (Å²) in [7, 11) is 0. The number of halogens is 3. The fourth-order valence-corrected chi connectivity index (χ4v) is 1.90. The molecule has 1 nitrogen and oxygen atoms in total. The van der Waals surface area contributed by atoms with Gasteiger partial charge in [0.2, 0.25) is 0 Å². The summed E-state index contributed by atoms with van der Waals surface area (Å²) in [4.78, 5) is 0. The number of anilines is 2. The first-order valence-electron chi connectivity index (χ1n) is 4.53.